The fourth-order valence-corrected chi connectivity index (χ4v) is 3.93. The number of aromatic nitrogens is 3. The van der Waals surface area contributed by atoms with Crippen molar-refractivity contribution in [1.29, 1.82) is 0 Å². The van der Waals surface area contributed by atoms with Crippen molar-refractivity contribution in [2.45, 2.75) is 6.04 Å². The molecule has 0 radical (unpaired) electrons. The molecule has 0 saturated carbocycles. The molecule has 1 amide bonds. The first kappa shape index (κ1) is 21.2. The number of halogens is 3. The molecule has 0 spiro atoms. The standard InChI is InChI=1S/C24H16Cl2FN5O/c25-16-9-5-14(6-10-16)20-13-21(18-3-1-2-4-19(18)26)32-24(28-20)30-23(31-32)29-22(33)15-7-11-17(27)12-8-15/h1-13,21H,(H2,28,29,30,31,33)/t21-/m0/s1. The van der Waals surface area contributed by atoms with Gasteiger partial charge in [-0.15, -0.1) is 5.10 Å². The number of fused-ring (bicyclic) bond motifs is 1. The maximum absolute atomic E-state index is 13.2. The average molecular weight is 480 g/mol. The van der Waals surface area contributed by atoms with E-state index < -0.39 is 11.7 Å². The number of hydrogen-bond acceptors (Lipinski definition) is 4. The van der Waals surface area contributed by atoms with Crippen molar-refractivity contribution in [3.05, 3.63) is 111 Å². The predicted octanol–water partition coefficient (Wildman–Crippen LogP) is 6.03. The number of rotatable bonds is 4. The quantitative estimate of drug-likeness (QED) is 0.374. The molecule has 2 N–H and O–H groups in total. The van der Waals surface area contributed by atoms with Crippen LogP contribution in [0.3, 0.4) is 0 Å². The van der Waals surface area contributed by atoms with Gasteiger partial charge in [0.25, 0.3) is 11.9 Å². The van der Waals surface area contributed by atoms with Crippen molar-refractivity contribution in [2.75, 3.05) is 10.6 Å². The van der Waals surface area contributed by atoms with Crippen LogP contribution in [0.1, 0.15) is 27.5 Å². The molecule has 33 heavy (non-hydrogen) atoms. The zero-order chi connectivity index (χ0) is 22.9. The maximum Gasteiger partial charge on any atom is 0.258 e. The number of hydrogen-bond donors (Lipinski definition) is 2. The van der Waals surface area contributed by atoms with Gasteiger partial charge in [-0.25, -0.2) is 9.07 Å². The summed E-state index contributed by atoms with van der Waals surface area (Å²) in [5.41, 5.74) is 2.82. The molecule has 1 aliphatic rings. The molecule has 4 aromatic rings. The second kappa shape index (κ2) is 8.69. The summed E-state index contributed by atoms with van der Waals surface area (Å²) in [4.78, 5) is 17.0. The molecule has 1 aliphatic heterocycles. The highest BCUT2D eigenvalue weighted by atomic mass is 35.5. The lowest BCUT2D eigenvalue weighted by Crippen LogP contribution is -2.20. The Morgan fingerprint density at radius 1 is 1.00 bits per heavy atom. The summed E-state index contributed by atoms with van der Waals surface area (Å²) in [5, 5.41) is 11.6. The highest BCUT2D eigenvalue weighted by Crippen LogP contribution is 2.36. The molecule has 1 atom stereocenters. The Hall–Kier alpha value is -3.68. The number of nitrogens with zero attached hydrogens (tertiary/aromatic N) is 3. The molecule has 0 bridgehead atoms. The van der Waals surface area contributed by atoms with Gasteiger partial charge in [0, 0.05) is 21.3 Å². The highest BCUT2D eigenvalue weighted by molar-refractivity contribution is 6.31. The van der Waals surface area contributed by atoms with Crippen LogP contribution in [0, 0.1) is 5.82 Å². The zero-order valence-electron chi connectivity index (χ0n) is 17.0. The topological polar surface area (TPSA) is 71.8 Å². The first-order valence-corrected chi connectivity index (χ1v) is 10.8. The van der Waals surface area contributed by atoms with Crippen LogP contribution in [0.4, 0.5) is 16.3 Å². The minimum absolute atomic E-state index is 0.106. The molecular formula is C24H16Cl2FN5O. The minimum Gasteiger partial charge on any atom is -0.324 e. The van der Waals surface area contributed by atoms with E-state index in [9.17, 15) is 9.18 Å². The van der Waals surface area contributed by atoms with Gasteiger partial charge in [-0.1, -0.05) is 53.5 Å². The summed E-state index contributed by atoms with van der Waals surface area (Å²) in [5.74, 6) is -0.329. The number of amides is 1. The van der Waals surface area contributed by atoms with E-state index in [1.54, 1.807) is 16.8 Å². The van der Waals surface area contributed by atoms with Crippen LogP contribution in [0.15, 0.2) is 78.9 Å². The molecule has 3 aromatic carbocycles. The number of carbonyl (C=O) groups is 1. The van der Waals surface area contributed by atoms with Gasteiger partial charge < -0.3 is 5.32 Å². The van der Waals surface area contributed by atoms with E-state index in [2.05, 4.69) is 20.7 Å². The molecule has 9 heteroatoms. The van der Waals surface area contributed by atoms with Crippen LogP contribution in [0.5, 0.6) is 0 Å². The summed E-state index contributed by atoms with van der Waals surface area (Å²) in [6.45, 7) is 0. The third-order valence-electron chi connectivity index (χ3n) is 5.18. The Bertz CT molecular complexity index is 1370. The lowest BCUT2D eigenvalue weighted by molar-refractivity contribution is 0.102. The van der Waals surface area contributed by atoms with Crippen LogP contribution in [0.25, 0.3) is 5.70 Å². The number of anilines is 2. The molecular weight excluding hydrogens is 464 g/mol. The van der Waals surface area contributed by atoms with Gasteiger partial charge in [0.1, 0.15) is 11.9 Å². The predicted molar refractivity (Wildman–Crippen MR) is 127 cm³/mol. The number of benzene rings is 3. The monoisotopic (exact) mass is 479 g/mol. The van der Waals surface area contributed by atoms with Gasteiger partial charge in [0.2, 0.25) is 5.95 Å². The van der Waals surface area contributed by atoms with Crippen molar-refractivity contribution in [3.63, 3.8) is 0 Å². The summed E-state index contributed by atoms with van der Waals surface area (Å²) in [6.07, 6.45) is 1.98. The first-order chi connectivity index (χ1) is 16.0. The third-order valence-corrected chi connectivity index (χ3v) is 5.77. The normalized spacial score (nSPS) is 14.8. The Labute approximate surface area is 198 Å². The fourth-order valence-electron chi connectivity index (χ4n) is 3.56. The third kappa shape index (κ3) is 4.33. The Balaban J connectivity index is 1.52. The van der Waals surface area contributed by atoms with E-state index in [-0.39, 0.29) is 12.0 Å². The molecule has 6 nitrogen and oxygen atoms in total. The van der Waals surface area contributed by atoms with E-state index in [4.69, 9.17) is 23.2 Å². The van der Waals surface area contributed by atoms with E-state index in [1.165, 1.54) is 24.3 Å². The van der Waals surface area contributed by atoms with Gasteiger partial charge in [0.05, 0.1) is 0 Å². The van der Waals surface area contributed by atoms with Crippen molar-refractivity contribution in [2.24, 2.45) is 0 Å². The molecule has 1 aromatic heterocycles. The van der Waals surface area contributed by atoms with Crippen molar-refractivity contribution in [1.82, 2.24) is 14.8 Å². The van der Waals surface area contributed by atoms with E-state index in [0.29, 0.717) is 21.6 Å². The number of allylic oxidation sites excluding steroid dienone is 1. The smallest absolute Gasteiger partial charge is 0.258 e. The van der Waals surface area contributed by atoms with Crippen molar-refractivity contribution >= 4 is 46.7 Å². The summed E-state index contributed by atoms with van der Waals surface area (Å²) >= 11 is 12.5. The minimum atomic E-state index is -0.446. The van der Waals surface area contributed by atoms with Crippen LogP contribution in [0.2, 0.25) is 10.0 Å². The Kier molecular flexibility index (Phi) is 5.58. The zero-order valence-corrected chi connectivity index (χ0v) is 18.5. The summed E-state index contributed by atoms with van der Waals surface area (Å²) in [7, 11) is 0. The Morgan fingerprint density at radius 3 is 2.45 bits per heavy atom. The number of carbonyl (C=O) groups excluding carboxylic acids is 1. The molecule has 164 valence electrons. The van der Waals surface area contributed by atoms with Gasteiger partial charge in [-0.3, -0.25) is 10.1 Å². The molecule has 5 rings (SSSR count). The first-order valence-electron chi connectivity index (χ1n) is 10.0. The van der Waals surface area contributed by atoms with Crippen LogP contribution < -0.4 is 10.6 Å². The fraction of sp³-hybridized carbons (Fsp3) is 0.0417. The molecule has 0 aliphatic carbocycles. The molecule has 0 saturated heterocycles. The second-order valence-corrected chi connectivity index (χ2v) is 8.19. The van der Waals surface area contributed by atoms with Gasteiger partial charge >= 0.3 is 0 Å². The lowest BCUT2D eigenvalue weighted by atomic mass is 10.0. The van der Waals surface area contributed by atoms with E-state index in [1.807, 2.05) is 42.5 Å². The second-order valence-electron chi connectivity index (χ2n) is 7.34. The van der Waals surface area contributed by atoms with E-state index >= 15 is 0 Å². The Morgan fingerprint density at radius 2 is 1.73 bits per heavy atom. The SMILES string of the molecule is O=C(Nc1nc2n(n1)[C@H](c1ccccc1Cl)C=C(c1ccc(Cl)cc1)N2)c1ccc(F)cc1. The molecule has 2 heterocycles. The number of nitrogens with one attached hydrogen (secondary N) is 2. The average Bonchev–Trinajstić information content (AvgIpc) is 3.22. The summed E-state index contributed by atoms with van der Waals surface area (Å²) in [6, 6.07) is 19.7. The van der Waals surface area contributed by atoms with Gasteiger partial charge in [-0.05, 0) is 59.7 Å². The van der Waals surface area contributed by atoms with Crippen LogP contribution in [-0.4, -0.2) is 20.7 Å². The highest BCUT2D eigenvalue weighted by Gasteiger charge is 2.27. The van der Waals surface area contributed by atoms with Crippen LogP contribution in [-0.2, 0) is 0 Å². The van der Waals surface area contributed by atoms with Crippen LogP contribution >= 0.6 is 23.2 Å². The lowest BCUT2D eigenvalue weighted by Gasteiger charge is -2.24. The summed E-state index contributed by atoms with van der Waals surface area (Å²) < 4.78 is 14.8. The van der Waals surface area contributed by atoms with E-state index in [0.717, 1.165) is 16.8 Å². The largest absolute Gasteiger partial charge is 0.324 e. The molecule has 0 unspecified atom stereocenters. The van der Waals surface area contributed by atoms with Gasteiger partial charge in [-0.2, -0.15) is 4.98 Å². The molecule has 0 fully saturated rings. The van der Waals surface area contributed by atoms with Crippen molar-refractivity contribution in [3.8, 4) is 0 Å². The maximum atomic E-state index is 13.2. The van der Waals surface area contributed by atoms with Gasteiger partial charge in [0.15, 0.2) is 0 Å². The van der Waals surface area contributed by atoms with Crippen molar-refractivity contribution < 1.29 is 9.18 Å².